The Kier molecular flexibility index (Phi) is 6.09. The molecule has 0 aromatic heterocycles. The first-order valence-corrected chi connectivity index (χ1v) is 7.44. The van der Waals surface area contributed by atoms with E-state index >= 15 is 0 Å². The predicted molar refractivity (Wildman–Crippen MR) is 77.7 cm³/mol. The maximum absolute atomic E-state index is 6.00. The van der Waals surface area contributed by atoms with Crippen LogP contribution in [0, 0.1) is 11.3 Å². The molecule has 3 N–H and O–H groups in total. The summed E-state index contributed by atoms with van der Waals surface area (Å²) in [4.78, 5) is 0. The molecule has 0 aromatic carbocycles. The van der Waals surface area contributed by atoms with Crippen molar-refractivity contribution in [2.45, 2.75) is 58.4 Å². The summed E-state index contributed by atoms with van der Waals surface area (Å²) in [5.74, 6) is 0.853. The maximum Gasteiger partial charge on any atom is 0.0587 e. The maximum atomic E-state index is 6.00. The molecule has 108 valence electrons. The molecule has 1 rings (SSSR count). The van der Waals surface area contributed by atoms with Crippen molar-refractivity contribution >= 4 is 0 Å². The first kappa shape index (κ1) is 15.9. The summed E-state index contributed by atoms with van der Waals surface area (Å²) < 4.78 is 5.11. The molecule has 0 amide bonds. The summed E-state index contributed by atoms with van der Waals surface area (Å²) in [6, 6.07) is 0. The molecule has 1 fully saturated rings. The molecule has 0 heterocycles. The molecule has 0 unspecified atom stereocenters. The van der Waals surface area contributed by atoms with Gasteiger partial charge >= 0.3 is 0 Å². The quantitative estimate of drug-likeness (QED) is 0.688. The van der Waals surface area contributed by atoms with Crippen LogP contribution in [0.15, 0.2) is 0 Å². The number of rotatable bonds is 7. The van der Waals surface area contributed by atoms with Gasteiger partial charge in [0.05, 0.1) is 6.61 Å². The molecule has 0 aromatic rings. The lowest BCUT2D eigenvalue weighted by atomic mass is 9.65. The molecule has 1 saturated carbocycles. The Bertz CT molecular complexity index is 233. The smallest absolute Gasteiger partial charge is 0.0587 e. The van der Waals surface area contributed by atoms with Gasteiger partial charge in [-0.2, -0.15) is 0 Å². The molecule has 0 aliphatic heterocycles. The highest BCUT2D eigenvalue weighted by atomic mass is 16.5. The standard InChI is InChI=1S/C15H32N2O/c1-5-14(2,3)13-6-8-15(12-16,9-7-13)17-10-11-18-4/h13,17H,5-12,16H2,1-4H3. The Balaban J connectivity index is 2.48. The summed E-state index contributed by atoms with van der Waals surface area (Å²) >= 11 is 0. The molecular formula is C15H32N2O. The second kappa shape index (κ2) is 6.88. The number of ether oxygens (including phenoxy) is 1. The van der Waals surface area contributed by atoms with E-state index in [0.29, 0.717) is 5.41 Å². The number of nitrogens with two attached hydrogens (primary N) is 1. The van der Waals surface area contributed by atoms with E-state index in [2.05, 4.69) is 26.1 Å². The number of nitrogens with one attached hydrogen (secondary N) is 1. The SMILES string of the molecule is CCC(C)(C)C1CCC(CN)(NCCOC)CC1. The van der Waals surface area contributed by atoms with Gasteiger partial charge in [-0.3, -0.25) is 0 Å². The van der Waals surface area contributed by atoms with Gasteiger partial charge in [0.1, 0.15) is 0 Å². The first-order valence-electron chi connectivity index (χ1n) is 7.44. The van der Waals surface area contributed by atoms with Crippen molar-refractivity contribution < 1.29 is 4.74 Å². The number of methoxy groups -OCH3 is 1. The van der Waals surface area contributed by atoms with Gasteiger partial charge in [0.2, 0.25) is 0 Å². The fourth-order valence-corrected chi connectivity index (χ4v) is 3.11. The van der Waals surface area contributed by atoms with Crippen LogP contribution in [0.5, 0.6) is 0 Å². The molecule has 3 heteroatoms. The molecule has 0 bridgehead atoms. The Morgan fingerprint density at radius 2 is 1.94 bits per heavy atom. The van der Waals surface area contributed by atoms with Crippen LogP contribution in [0.1, 0.15) is 52.9 Å². The average Bonchev–Trinajstić information content (AvgIpc) is 2.39. The van der Waals surface area contributed by atoms with Crippen LogP contribution in [0.4, 0.5) is 0 Å². The molecule has 1 aliphatic carbocycles. The zero-order chi connectivity index (χ0) is 13.6. The third-order valence-corrected chi connectivity index (χ3v) is 5.16. The van der Waals surface area contributed by atoms with Crippen LogP contribution in [0.25, 0.3) is 0 Å². The van der Waals surface area contributed by atoms with Gasteiger partial charge in [-0.15, -0.1) is 0 Å². The highest BCUT2D eigenvalue weighted by Crippen LogP contribution is 2.43. The summed E-state index contributed by atoms with van der Waals surface area (Å²) in [6.45, 7) is 9.55. The summed E-state index contributed by atoms with van der Waals surface area (Å²) in [6.07, 6.45) is 6.29. The summed E-state index contributed by atoms with van der Waals surface area (Å²) in [7, 11) is 1.75. The van der Waals surface area contributed by atoms with Crippen LogP contribution in [-0.2, 0) is 4.74 Å². The Hall–Kier alpha value is -0.120. The normalized spacial score (nSPS) is 29.5. The zero-order valence-corrected chi connectivity index (χ0v) is 12.7. The third-order valence-electron chi connectivity index (χ3n) is 5.16. The summed E-state index contributed by atoms with van der Waals surface area (Å²) in [5, 5.41) is 3.63. The van der Waals surface area contributed by atoms with Gasteiger partial charge in [-0.1, -0.05) is 27.2 Å². The Morgan fingerprint density at radius 3 is 2.39 bits per heavy atom. The van der Waals surface area contributed by atoms with Gasteiger partial charge in [0.25, 0.3) is 0 Å². The van der Waals surface area contributed by atoms with Crippen LogP contribution >= 0.6 is 0 Å². The van der Waals surface area contributed by atoms with Crippen molar-refractivity contribution in [3.8, 4) is 0 Å². The van der Waals surface area contributed by atoms with Gasteiger partial charge in [0, 0.05) is 25.7 Å². The van der Waals surface area contributed by atoms with E-state index in [1.807, 2.05) is 0 Å². The van der Waals surface area contributed by atoms with Gasteiger partial charge in [-0.25, -0.2) is 0 Å². The van der Waals surface area contributed by atoms with E-state index in [1.54, 1.807) is 7.11 Å². The molecule has 0 spiro atoms. The minimum atomic E-state index is 0.166. The second-order valence-corrected chi connectivity index (χ2v) is 6.52. The Labute approximate surface area is 113 Å². The van der Waals surface area contributed by atoms with Crippen molar-refractivity contribution in [3.05, 3.63) is 0 Å². The van der Waals surface area contributed by atoms with Crippen LogP contribution in [-0.4, -0.2) is 32.3 Å². The highest BCUT2D eigenvalue weighted by molar-refractivity contribution is 4.96. The first-order chi connectivity index (χ1) is 8.49. The highest BCUT2D eigenvalue weighted by Gasteiger charge is 2.38. The average molecular weight is 256 g/mol. The predicted octanol–water partition coefficient (Wildman–Crippen LogP) is 2.55. The lowest BCUT2D eigenvalue weighted by molar-refractivity contribution is 0.0956. The van der Waals surface area contributed by atoms with Crippen molar-refractivity contribution in [2.75, 3.05) is 26.8 Å². The van der Waals surface area contributed by atoms with Gasteiger partial charge in [0.15, 0.2) is 0 Å². The van der Waals surface area contributed by atoms with Gasteiger partial charge < -0.3 is 15.8 Å². The lowest BCUT2D eigenvalue weighted by Gasteiger charge is -2.45. The van der Waals surface area contributed by atoms with Crippen LogP contribution in [0.3, 0.4) is 0 Å². The lowest BCUT2D eigenvalue weighted by Crippen LogP contribution is -2.55. The molecule has 18 heavy (non-hydrogen) atoms. The Morgan fingerprint density at radius 1 is 1.33 bits per heavy atom. The van der Waals surface area contributed by atoms with Crippen LogP contribution in [0.2, 0.25) is 0 Å². The summed E-state index contributed by atoms with van der Waals surface area (Å²) in [5.41, 5.74) is 6.65. The van der Waals surface area contributed by atoms with Crippen molar-refractivity contribution in [1.29, 1.82) is 0 Å². The van der Waals surface area contributed by atoms with Crippen molar-refractivity contribution in [2.24, 2.45) is 17.1 Å². The third kappa shape index (κ3) is 3.94. The number of hydrogen-bond acceptors (Lipinski definition) is 3. The number of hydrogen-bond donors (Lipinski definition) is 2. The van der Waals surface area contributed by atoms with E-state index in [4.69, 9.17) is 10.5 Å². The monoisotopic (exact) mass is 256 g/mol. The fourth-order valence-electron chi connectivity index (χ4n) is 3.11. The molecule has 0 atom stereocenters. The topological polar surface area (TPSA) is 47.3 Å². The van der Waals surface area contributed by atoms with E-state index in [-0.39, 0.29) is 5.54 Å². The van der Waals surface area contributed by atoms with E-state index in [9.17, 15) is 0 Å². The second-order valence-electron chi connectivity index (χ2n) is 6.52. The molecule has 0 saturated heterocycles. The van der Waals surface area contributed by atoms with Crippen molar-refractivity contribution in [1.82, 2.24) is 5.32 Å². The van der Waals surface area contributed by atoms with E-state index in [1.165, 1.54) is 32.1 Å². The largest absolute Gasteiger partial charge is 0.383 e. The minimum absolute atomic E-state index is 0.166. The molecule has 1 aliphatic rings. The fraction of sp³-hybridized carbons (Fsp3) is 1.00. The van der Waals surface area contributed by atoms with E-state index in [0.717, 1.165) is 25.6 Å². The van der Waals surface area contributed by atoms with Crippen LogP contribution < -0.4 is 11.1 Å². The zero-order valence-electron chi connectivity index (χ0n) is 12.7. The van der Waals surface area contributed by atoms with Gasteiger partial charge in [-0.05, 0) is 37.0 Å². The molecular weight excluding hydrogens is 224 g/mol. The van der Waals surface area contributed by atoms with E-state index < -0.39 is 0 Å². The van der Waals surface area contributed by atoms with Crippen molar-refractivity contribution in [3.63, 3.8) is 0 Å². The molecule has 0 radical (unpaired) electrons. The minimum Gasteiger partial charge on any atom is -0.383 e. The molecule has 3 nitrogen and oxygen atoms in total.